The zero-order valence-electron chi connectivity index (χ0n) is 8.00. The molecule has 0 aromatic rings. The van der Waals surface area contributed by atoms with E-state index in [1.54, 1.807) is 0 Å². The molecular weight excluding hydrogens is 162 g/mol. The smallest absolute Gasteiger partial charge is 0.0635 e. The van der Waals surface area contributed by atoms with Gasteiger partial charge in [-0.2, -0.15) is 5.26 Å². The van der Waals surface area contributed by atoms with E-state index in [0.717, 1.165) is 18.7 Å². The lowest BCUT2D eigenvalue weighted by Gasteiger charge is -2.21. The average Bonchev–Trinajstić information content (AvgIpc) is 2.94. The van der Waals surface area contributed by atoms with Crippen LogP contribution in [-0.2, 0) is 0 Å². The summed E-state index contributed by atoms with van der Waals surface area (Å²) in [6.07, 6.45) is 3.14. The maximum absolute atomic E-state index is 8.48. The summed E-state index contributed by atoms with van der Waals surface area (Å²) in [5.74, 6) is 0. The van der Waals surface area contributed by atoms with E-state index in [-0.39, 0.29) is 0 Å². The van der Waals surface area contributed by atoms with Crippen LogP contribution in [0.1, 0.15) is 19.3 Å². The number of nitriles is 1. The van der Waals surface area contributed by atoms with E-state index in [1.807, 2.05) is 0 Å². The van der Waals surface area contributed by atoms with Gasteiger partial charge in [-0.3, -0.25) is 4.90 Å². The summed E-state index contributed by atoms with van der Waals surface area (Å²) in [4.78, 5) is 2.32. The van der Waals surface area contributed by atoms with Crippen molar-refractivity contribution in [2.75, 3.05) is 19.6 Å². The zero-order chi connectivity index (χ0) is 9.68. The van der Waals surface area contributed by atoms with Gasteiger partial charge in [-0.15, -0.1) is 0 Å². The first-order chi connectivity index (χ1) is 6.27. The topological polar surface area (TPSA) is 53.0 Å². The molecule has 3 nitrogen and oxygen atoms in total. The predicted octanol–water partition coefficient (Wildman–Crippen LogP) is 0.879. The third-order valence-electron chi connectivity index (χ3n) is 2.29. The van der Waals surface area contributed by atoms with E-state index >= 15 is 0 Å². The van der Waals surface area contributed by atoms with Crippen LogP contribution in [-0.4, -0.2) is 30.6 Å². The Balaban J connectivity index is 2.29. The lowest BCUT2D eigenvalue weighted by atomic mass is 10.2. The van der Waals surface area contributed by atoms with Gasteiger partial charge in [0.2, 0.25) is 0 Å². The molecule has 0 bridgehead atoms. The number of rotatable bonds is 6. The fourth-order valence-electron chi connectivity index (χ4n) is 1.38. The highest BCUT2D eigenvalue weighted by atomic mass is 15.2. The molecule has 0 heterocycles. The summed E-state index contributed by atoms with van der Waals surface area (Å²) < 4.78 is 0. The Morgan fingerprint density at radius 3 is 2.77 bits per heavy atom. The second-order valence-corrected chi connectivity index (χ2v) is 3.56. The molecular formula is C10H17N3. The maximum Gasteiger partial charge on any atom is 0.0635 e. The highest BCUT2D eigenvalue weighted by Gasteiger charge is 2.28. The second-order valence-electron chi connectivity index (χ2n) is 3.56. The first-order valence-corrected chi connectivity index (χ1v) is 4.75. The molecule has 0 spiro atoms. The molecule has 1 aliphatic carbocycles. The zero-order valence-corrected chi connectivity index (χ0v) is 8.00. The van der Waals surface area contributed by atoms with Gasteiger partial charge in [0.1, 0.15) is 0 Å². The summed E-state index contributed by atoms with van der Waals surface area (Å²) in [5, 5.41) is 8.48. The van der Waals surface area contributed by atoms with Crippen molar-refractivity contribution in [1.82, 2.24) is 4.90 Å². The number of hydrogen-bond acceptors (Lipinski definition) is 3. The summed E-state index contributed by atoms with van der Waals surface area (Å²) in [6, 6.07) is 2.86. The molecule has 13 heavy (non-hydrogen) atoms. The minimum Gasteiger partial charge on any atom is -0.327 e. The van der Waals surface area contributed by atoms with Gasteiger partial charge < -0.3 is 5.73 Å². The Morgan fingerprint density at radius 1 is 1.62 bits per heavy atom. The average molecular weight is 179 g/mol. The molecule has 3 heteroatoms. The van der Waals surface area contributed by atoms with Crippen LogP contribution in [0.15, 0.2) is 12.2 Å². The van der Waals surface area contributed by atoms with Gasteiger partial charge in [-0.25, -0.2) is 0 Å². The summed E-state index contributed by atoms with van der Waals surface area (Å²) >= 11 is 0. The van der Waals surface area contributed by atoms with Crippen LogP contribution in [0.3, 0.4) is 0 Å². The molecule has 0 atom stereocenters. The van der Waals surface area contributed by atoms with Gasteiger partial charge in [0, 0.05) is 32.1 Å². The standard InChI is InChI=1S/C10H17N3/c1-9(7-12)8-13(6-2-5-11)10-3-4-10/h10H,1-4,6-8,12H2. The Hall–Kier alpha value is -0.850. The van der Waals surface area contributed by atoms with Gasteiger partial charge in [-0.1, -0.05) is 6.58 Å². The molecule has 0 unspecified atom stereocenters. The molecule has 1 saturated carbocycles. The van der Waals surface area contributed by atoms with Crippen molar-refractivity contribution in [2.24, 2.45) is 5.73 Å². The maximum atomic E-state index is 8.48. The highest BCUT2D eigenvalue weighted by molar-refractivity contribution is 5.01. The summed E-state index contributed by atoms with van der Waals surface area (Å²) in [5.41, 5.74) is 6.54. The Kier molecular flexibility index (Phi) is 3.94. The lowest BCUT2D eigenvalue weighted by molar-refractivity contribution is 0.292. The fourth-order valence-corrected chi connectivity index (χ4v) is 1.38. The largest absolute Gasteiger partial charge is 0.327 e. The Bertz CT molecular complexity index is 213. The van der Waals surface area contributed by atoms with Crippen LogP contribution >= 0.6 is 0 Å². The molecule has 0 saturated heterocycles. The highest BCUT2D eigenvalue weighted by Crippen LogP contribution is 2.27. The minimum atomic E-state index is 0.551. The molecule has 1 rings (SSSR count). The first kappa shape index (κ1) is 10.2. The van der Waals surface area contributed by atoms with Crippen LogP contribution in [0.2, 0.25) is 0 Å². The number of hydrogen-bond donors (Lipinski definition) is 1. The fraction of sp³-hybridized carbons (Fsp3) is 0.700. The molecule has 0 radical (unpaired) electrons. The molecule has 72 valence electrons. The lowest BCUT2D eigenvalue weighted by Crippen LogP contribution is -2.30. The van der Waals surface area contributed by atoms with Crippen molar-refractivity contribution >= 4 is 0 Å². The Labute approximate surface area is 79.8 Å². The van der Waals surface area contributed by atoms with Gasteiger partial charge >= 0.3 is 0 Å². The summed E-state index contributed by atoms with van der Waals surface area (Å²) in [6.45, 7) is 6.16. The number of nitrogens with zero attached hydrogens (tertiary/aromatic N) is 2. The number of nitrogens with two attached hydrogens (primary N) is 1. The Morgan fingerprint density at radius 2 is 2.31 bits per heavy atom. The third-order valence-corrected chi connectivity index (χ3v) is 2.29. The van der Waals surface area contributed by atoms with E-state index in [2.05, 4.69) is 17.5 Å². The molecule has 1 fully saturated rings. The van der Waals surface area contributed by atoms with Crippen LogP contribution in [0.4, 0.5) is 0 Å². The van der Waals surface area contributed by atoms with Gasteiger partial charge in [0.15, 0.2) is 0 Å². The first-order valence-electron chi connectivity index (χ1n) is 4.75. The van der Waals surface area contributed by atoms with E-state index in [4.69, 9.17) is 11.0 Å². The van der Waals surface area contributed by atoms with Gasteiger partial charge in [0.05, 0.1) is 6.07 Å². The molecule has 0 amide bonds. The van der Waals surface area contributed by atoms with Crippen molar-refractivity contribution < 1.29 is 0 Å². The molecule has 0 aromatic carbocycles. The van der Waals surface area contributed by atoms with E-state index in [1.165, 1.54) is 12.8 Å². The van der Waals surface area contributed by atoms with Crippen LogP contribution in [0.25, 0.3) is 0 Å². The van der Waals surface area contributed by atoms with Crippen molar-refractivity contribution in [3.05, 3.63) is 12.2 Å². The SMILES string of the molecule is C=C(CN)CN(CCC#N)C1CC1. The second kappa shape index (κ2) is 5.00. The van der Waals surface area contributed by atoms with Crippen LogP contribution in [0.5, 0.6) is 0 Å². The van der Waals surface area contributed by atoms with E-state index in [9.17, 15) is 0 Å². The third kappa shape index (κ3) is 3.58. The van der Waals surface area contributed by atoms with Crippen molar-refractivity contribution in [2.45, 2.75) is 25.3 Å². The summed E-state index contributed by atoms with van der Waals surface area (Å²) in [7, 11) is 0. The van der Waals surface area contributed by atoms with E-state index < -0.39 is 0 Å². The van der Waals surface area contributed by atoms with Crippen LogP contribution in [0, 0.1) is 11.3 Å². The van der Waals surface area contributed by atoms with Gasteiger partial charge in [-0.05, 0) is 18.4 Å². The van der Waals surface area contributed by atoms with Crippen molar-refractivity contribution in [3.8, 4) is 6.07 Å². The monoisotopic (exact) mass is 179 g/mol. The molecule has 0 aliphatic heterocycles. The van der Waals surface area contributed by atoms with Crippen LogP contribution < -0.4 is 5.73 Å². The normalized spacial score (nSPS) is 15.8. The molecule has 1 aliphatic rings. The predicted molar refractivity (Wildman–Crippen MR) is 53.0 cm³/mol. The van der Waals surface area contributed by atoms with Crippen molar-refractivity contribution in [1.29, 1.82) is 5.26 Å². The van der Waals surface area contributed by atoms with Crippen molar-refractivity contribution in [3.63, 3.8) is 0 Å². The van der Waals surface area contributed by atoms with Gasteiger partial charge in [0.25, 0.3) is 0 Å². The minimum absolute atomic E-state index is 0.551. The quantitative estimate of drug-likeness (QED) is 0.616. The molecule has 2 N–H and O–H groups in total. The molecule has 0 aromatic heterocycles. The van der Waals surface area contributed by atoms with E-state index in [0.29, 0.717) is 19.0 Å².